The van der Waals surface area contributed by atoms with Crippen LogP contribution in [0.3, 0.4) is 0 Å². The summed E-state index contributed by atoms with van der Waals surface area (Å²) in [7, 11) is -4.04. The van der Waals surface area contributed by atoms with Crippen LogP contribution >= 0.6 is 0 Å². The number of rotatable bonds is 9. The van der Waals surface area contributed by atoms with Crippen LogP contribution in [-0.4, -0.2) is 42.4 Å². The van der Waals surface area contributed by atoms with Gasteiger partial charge in [-0.1, -0.05) is 39.8 Å². The van der Waals surface area contributed by atoms with Crippen molar-refractivity contribution in [2.45, 2.75) is 52.0 Å². The molecule has 0 aliphatic carbocycles. The number of fused-ring (bicyclic) bond motifs is 1. The van der Waals surface area contributed by atoms with Crippen LogP contribution in [0, 0.1) is 11.8 Å². The van der Waals surface area contributed by atoms with Gasteiger partial charge in [0.2, 0.25) is 10.0 Å². The standard InChI is InChI=1S/C22H29NO6S/c1-14(2)10-11-23(21(15(3)4)22(25)26)30(27,28)20-9-7-17-12-19(29-16(5)24)8-6-18(17)13-20/h6-9,12-15,21H,10-11H2,1-5H3,(H,25,26)/t21-/m1/s1. The number of hydrogen-bond acceptors (Lipinski definition) is 5. The zero-order chi connectivity index (χ0) is 22.6. The Balaban J connectivity index is 2.51. The van der Waals surface area contributed by atoms with Gasteiger partial charge >= 0.3 is 11.9 Å². The molecule has 0 aromatic heterocycles. The molecule has 0 bridgehead atoms. The minimum Gasteiger partial charge on any atom is -0.480 e. The van der Waals surface area contributed by atoms with Gasteiger partial charge < -0.3 is 9.84 Å². The lowest BCUT2D eigenvalue weighted by Crippen LogP contribution is -2.48. The summed E-state index contributed by atoms with van der Waals surface area (Å²) in [4.78, 5) is 23.1. The predicted octanol–water partition coefficient (Wildman–Crippen LogP) is 3.91. The molecule has 0 spiro atoms. The summed E-state index contributed by atoms with van der Waals surface area (Å²) < 4.78 is 33.1. The van der Waals surface area contributed by atoms with Crippen LogP contribution in [0.5, 0.6) is 5.75 Å². The van der Waals surface area contributed by atoms with Crippen molar-refractivity contribution in [2.75, 3.05) is 6.54 Å². The molecule has 7 nitrogen and oxygen atoms in total. The smallest absolute Gasteiger partial charge is 0.322 e. The molecule has 1 atom stereocenters. The van der Waals surface area contributed by atoms with Gasteiger partial charge in [0.15, 0.2) is 0 Å². The highest BCUT2D eigenvalue weighted by atomic mass is 32.2. The van der Waals surface area contributed by atoms with Crippen molar-refractivity contribution in [3.63, 3.8) is 0 Å². The fraction of sp³-hybridized carbons (Fsp3) is 0.455. The van der Waals surface area contributed by atoms with Crippen molar-refractivity contribution in [1.29, 1.82) is 0 Å². The molecule has 0 aliphatic heterocycles. The third kappa shape index (κ3) is 5.58. The highest BCUT2D eigenvalue weighted by molar-refractivity contribution is 7.89. The lowest BCUT2D eigenvalue weighted by Gasteiger charge is -2.31. The van der Waals surface area contributed by atoms with Crippen molar-refractivity contribution in [1.82, 2.24) is 4.31 Å². The first-order valence-corrected chi connectivity index (χ1v) is 11.3. The van der Waals surface area contributed by atoms with Gasteiger partial charge in [0.1, 0.15) is 11.8 Å². The molecular formula is C22H29NO6S. The number of carbonyl (C=O) groups is 2. The van der Waals surface area contributed by atoms with Gasteiger partial charge in [-0.15, -0.1) is 0 Å². The number of aliphatic carboxylic acids is 1. The minimum atomic E-state index is -4.04. The van der Waals surface area contributed by atoms with Crippen molar-refractivity contribution in [3.05, 3.63) is 36.4 Å². The Morgan fingerprint density at radius 1 is 1.03 bits per heavy atom. The van der Waals surface area contributed by atoms with Crippen molar-refractivity contribution in [2.24, 2.45) is 11.8 Å². The first-order chi connectivity index (χ1) is 13.9. The maximum absolute atomic E-state index is 13.4. The molecule has 2 rings (SSSR count). The van der Waals surface area contributed by atoms with E-state index in [9.17, 15) is 23.1 Å². The van der Waals surface area contributed by atoms with E-state index in [2.05, 4.69) is 0 Å². The SMILES string of the molecule is CC(=O)Oc1ccc2cc(S(=O)(=O)N(CCC(C)C)[C@@H](C(=O)O)C(C)C)ccc2c1. The van der Waals surface area contributed by atoms with E-state index < -0.39 is 33.9 Å². The fourth-order valence-electron chi connectivity index (χ4n) is 3.26. The number of ether oxygens (including phenoxy) is 1. The topological polar surface area (TPSA) is 101 Å². The van der Waals surface area contributed by atoms with Crippen LogP contribution < -0.4 is 4.74 Å². The van der Waals surface area contributed by atoms with Crippen molar-refractivity contribution in [3.8, 4) is 5.75 Å². The molecule has 0 saturated heterocycles. The normalized spacial score (nSPS) is 13.2. The van der Waals surface area contributed by atoms with E-state index in [1.165, 1.54) is 19.1 Å². The largest absolute Gasteiger partial charge is 0.480 e. The zero-order valence-corrected chi connectivity index (χ0v) is 18.8. The van der Waals surface area contributed by atoms with Crippen LogP contribution in [0.15, 0.2) is 41.3 Å². The summed E-state index contributed by atoms with van der Waals surface area (Å²) in [6.07, 6.45) is 0.551. The third-order valence-corrected chi connectivity index (χ3v) is 6.65. The highest BCUT2D eigenvalue weighted by Gasteiger charge is 2.37. The summed E-state index contributed by atoms with van der Waals surface area (Å²) in [6, 6.07) is 8.35. The summed E-state index contributed by atoms with van der Waals surface area (Å²) in [6.45, 7) is 8.76. The highest BCUT2D eigenvalue weighted by Crippen LogP contribution is 2.28. The monoisotopic (exact) mass is 435 g/mol. The van der Waals surface area contributed by atoms with Crippen LogP contribution in [0.25, 0.3) is 10.8 Å². The molecule has 0 aliphatic rings. The van der Waals surface area contributed by atoms with Crippen LogP contribution in [0.2, 0.25) is 0 Å². The maximum Gasteiger partial charge on any atom is 0.322 e. The lowest BCUT2D eigenvalue weighted by atomic mass is 10.0. The number of carboxylic acid groups (broad SMARTS) is 1. The van der Waals surface area contributed by atoms with E-state index in [4.69, 9.17) is 4.74 Å². The molecule has 0 unspecified atom stereocenters. The van der Waals surface area contributed by atoms with Gasteiger partial charge in [0, 0.05) is 13.5 Å². The number of sulfonamides is 1. The van der Waals surface area contributed by atoms with Crippen molar-refractivity contribution >= 4 is 32.7 Å². The second kappa shape index (κ2) is 9.57. The Kier molecular flexibility index (Phi) is 7.60. The molecule has 0 radical (unpaired) electrons. The summed E-state index contributed by atoms with van der Waals surface area (Å²) >= 11 is 0. The van der Waals surface area contributed by atoms with E-state index in [1.807, 2.05) is 13.8 Å². The quantitative estimate of drug-likeness (QED) is 0.473. The molecule has 164 valence electrons. The zero-order valence-electron chi connectivity index (χ0n) is 18.0. The molecule has 8 heteroatoms. The molecule has 0 amide bonds. The molecule has 2 aromatic carbocycles. The second-order valence-corrected chi connectivity index (χ2v) is 9.98. The molecule has 0 heterocycles. The summed E-state index contributed by atoms with van der Waals surface area (Å²) in [5.41, 5.74) is 0. The Labute approximate surface area is 177 Å². The molecule has 0 saturated carbocycles. The second-order valence-electron chi connectivity index (χ2n) is 8.09. The van der Waals surface area contributed by atoms with E-state index in [0.717, 1.165) is 4.31 Å². The molecule has 30 heavy (non-hydrogen) atoms. The van der Waals surface area contributed by atoms with E-state index in [-0.39, 0.29) is 17.4 Å². The molecular weight excluding hydrogens is 406 g/mol. The Bertz CT molecular complexity index is 1030. The van der Waals surface area contributed by atoms with Gasteiger partial charge in [-0.25, -0.2) is 8.42 Å². The van der Waals surface area contributed by atoms with Gasteiger partial charge in [-0.05, 0) is 53.3 Å². The Morgan fingerprint density at radius 3 is 2.17 bits per heavy atom. The van der Waals surface area contributed by atoms with Crippen LogP contribution in [0.1, 0.15) is 41.0 Å². The van der Waals surface area contributed by atoms with Gasteiger partial charge in [0.25, 0.3) is 0 Å². The number of benzene rings is 2. The summed E-state index contributed by atoms with van der Waals surface area (Å²) in [5.74, 6) is -1.40. The van der Waals surface area contributed by atoms with Crippen molar-refractivity contribution < 1.29 is 27.9 Å². The average Bonchev–Trinajstić information content (AvgIpc) is 2.62. The van der Waals surface area contributed by atoms with Gasteiger partial charge in [-0.3, -0.25) is 9.59 Å². The van der Waals surface area contributed by atoms with E-state index in [0.29, 0.717) is 22.9 Å². The van der Waals surface area contributed by atoms with E-state index in [1.54, 1.807) is 38.1 Å². The number of carboxylic acids is 1. The van der Waals surface area contributed by atoms with Crippen LogP contribution in [-0.2, 0) is 19.6 Å². The minimum absolute atomic E-state index is 0.0332. The number of carbonyl (C=O) groups excluding carboxylic acids is 1. The first kappa shape index (κ1) is 23.8. The number of nitrogens with zero attached hydrogens (tertiary/aromatic N) is 1. The Hall–Kier alpha value is -2.45. The number of hydrogen-bond donors (Lipinski definition) is 1. The Morgan fingerprint density at radius 2 is 1.63 bits per heavy atom. The fourth-order valence-corrected chi connectivity index (χ4v) is 5.03. The molecule has 0 fully saturated rings. The number of esters is 1. The van der Waals surface area contributed by atoms with Gasteiger partial charge in [-0.2, -0.15) is 4.31 Å². The maximum atomic E-state index is 13.4. The van der Waals surface area contributed by atoms with E-state index >= 15 is 0 Å². The van der Waals surface area contributed by atoms with Gasteiger partial charge in [0.05, 0.1) is 4.90 Å². The molecule has 2 aromatic rings. The summed E-state index contributed by atoms with van der Waals surface area (Å²) in [5, 5.41) is 11.1. The lowest BCUT2D eigenvalue weighted by molar-refractivity contribution is -0.143. The molecule has 1 N–H and O–H groups in total. The first-order valence-electron chi connectivity index (χ1n) is 9.90. The average molecular weight is 436 g/mol. The predicted molar refractivity (Wildman–Crippen MR) is 115 cm³/mol. The van der Waals surface area contributed by atoms with Crippen LogP contribution in [0.4, 0.5) is 0 Å². The third-order valence-electron chi connectivity index (χ3n) is 4.77.